The number of imidazole rings is 1. The Morgan fingerprint density at radius 1 is 0.554 bits per heavy atom. The van der Waals surface area contributed by atoms with Gasteiger partial charge < -0.3 is 5.11 Å². The van der Waals surface area contributed by atoms with E-state index in [2.05, 4.69) is 138 Å². The first-order valence-electron chi connectivity index (χ1n) is 25.2. The molecule has 5 heteroatoms. The van der Waals surface area contributed by atoms with E-state index in [9.17, 15) is 5.11 Å². The van der Waals surface area contributed by atoms with Crippen molar-refractivity contribution in [3.63, 3.8) is 0 Å². The number of nitrogens with zero attached hydrogens (tertiary/aromatic N) is 3. The predicted octanol–water partition coefficient (Wildman–Crippen LogP) is 16.1. The van der Waals surface area contributed by atoms with E-state index in [4.69, 9.17) is 18.2 Å². The van der Waals surface area contributed by atoms with Gasteiger partial charge in [0.2, 0.25) is 0 Å². The first kappa shape index (κ1) is 39.8. The Labute approximate surface area is 410 Å². The Kier molecular flexibility index (Phi) is 10.6. The Morgan fingerprint density at radius 3 is 1.85 bits per heavy atom. The van der Waals surface area contributed by atoms with Gasteiger partial charge in [-0.2, -0.15) is 0 Å². The number of aromatic nitrogens is 3. The molecule has 0 saturated heterocycles. The number of phenolic OH excluding ortho intramolecular Hbond substituents is 1. The van der Waals surface area contributed by atoms with Crippen molar-refractivity contribution in [2.45, 2.75) is 118 Å². The molecule has 0 aliphatic heterocycles. The second kappa shape index (κ2) is 17.3. The maximum Gasteiger partial charge on any atom is 0.148 e. The van der Waals surface area contributed by atoms with E-state index in [1.807, 2.05) is 47.2 Å². The summed E-state index contributed by atoms with van der Waals surface area (Å²) >= 11 is 0. The number of fused-ring (bicyclic) bond motifs is 1. The number of hydrogen-bond donors (Lipinski definition) is 1. The minimum absolute atomic E-state index is 0. The number of pyridine rings is 1. The van der Waals surface area contributed by atoms with Gasteiger partial charge in [0.05, 0.1) is 16.6 Å². The molecule has 0 atom stereocenters. The number of para-hydroxylation sites is 1. The minimum Gasteiger partial charge on any atom is -0.507 e. The number of benzene rings is 6. The molecule has 0 aliphatic rings. The van der Waals surface area contributed by atoms with E-state index < -0.39 is 19.1 Å². The van der Waals surface area contributed by atoms with Crippen LogP contribution in [-0.2, 0) is 42.7 Å². The van der Waals surface area contributed by atoms with E-state index in [1.165, 1.54) is 11.6 Å². The molecule has 2 heterocycles. The SMILES string of the molecule is [2H]C([2H])([2H])c1cc(-n2c(-c3cc(C(C)(C)C)cc(C(C)(C)C)c3O)nc3c(-c4[c-]c(-c5cc(-c6ccc(C(C)(C)C)cc6)ccn5)cc(C(C)(C)C)c4)cccc32)cc(-c2ccccc2)c1C([2H])([2H])[2H].[Pt]. The number of aryl methyl sites for hydroxylation is 1. The van der Waals surface area contributed by atoms with Crippen molar-refractivity contribution < 1.29 is 34.4 Å². The van der Waals surface area contributed by atoms with Crippen molar-refractivity contribution in [2.75, 3.05) is 0 Å². The fourth-order valence-electron chi connectivity index (χ4n) is 8.38. The molecule has 8 rings (SSSR count). The third-order valence-electron chi connectivity index (χ3n) is 12.3. The van der Waals surface area contributed by atoms with Gasteiger partial charge in [0.1, 0.15) is 11.6 Å². The molecule has 1 N–H and O–H groups in total. The zero-order chi connectivity index (χ0) is 51.1. The van der Waals surface area contributed by atoms with Gasteiger partial charge in [0.15, 0.2) is 0 Å². The Morgan fingerprint density at radius 2 is 1.22 bits per heavy atom. The summed E-state index contributed by atoms with van der Waals surface area (Å²) in [4.78, 5) is 10.4. The number of aromatic hydroxyl groups is 1. The minimum atomic E-state index is -2.81. The fraction of sp³-hybridized carbons (Fsp3) is 0.300. The van der Waals surface area contributed by atoms with Crippen molar-refractivity contribution in [2.24, 2.45) is 0 Å². The van der Waals surface area contributed by atoms with Crippen LogP contribution in [0.25, 0.3) is 72.7 Å². The Bertz CT molecular complexity index is 3270. The zero-order valence-electron chi connectivity index (χ0n) is 45.7. The molecule has 4 nitrogen and oxygen atoms in total. The molecule has 0 aliphatic carbocycles. The van der Waals surface area contributed by atoms with Crippen LogP contribution in [-0.4, -0.2) is 19.6 Å². The standard InChI is InChI=1S/C60H64N3O.Pt/c1-37-29-47(36-49(38(37)2)40-19-16-15-17-20-40)63-53-22-18-21-48(54(53)62-56(63)50-34-46(59(9,10)11)35-51(55(50)64)60(12,13)14)42-30-43(32-45(31-42)58(6,7)8)52-33-41(27-28-61-52)39-23-25-44(26-24-39)57(3,4)5;/h15-29,31-36,64H,1-14H3;/q-1;/i1D3,2D3;. The van der Waals surface area contributed by atoms with Gasteiger partial charge in [-0.1, -0.05) is 173 Å². The summed E-state index contributed by atoms with van der Waals surface area (Å²) in [5.41, 5.74) is 10.6. The molecular formula is C60H64N3OPt-. The van der Waals surface area contributed by atoms with Crippen molar-refractivity contribution in [1.82, 2.24) is 14.5 Å². The quantitative estimate of drug-likeness (QED) is 0.169. The monoisotopic (exact) mass is 1040 g/mol. The Balaban J connectivity index is 0.00000741. The van der Waals surface area contributed by atoms with Crippen LogP contribution in [0.3, 0.4) is 0 Å². The molecule has 2 aromatic heterocycles. The van der Waals surface area contributed by atoms with E-state index in [-0.39, 0.29) is 59.8 Å². The molecule has 0 radical (unpaired) electrons. The summed E-state index contributed by atoms with van der Waals surface area (Å²) in [7, 11) is 0. The number of hydrogen-bond acceptors (Lipinski definition) is 3. The van der Waals surface area contributed by atoms with Gasteiger partial charge in [-0.25, -0.2) is 4.98 Å². The van der Waals surface area contributed by atoms with Crippen molar-refractivity contribution in [3.05, 3.63) is 167 Å². The number of rotatable bonds is 6. The van der Waals surface area contributed by atoms with E-state index in [1.54, 1.807) is 30.3 Å². The summed E-state index contributed by atoms with van der Waals surface area (Å²) in [6.07, 6.45) is 1.84. The van der Waals surface area contributed by atoms with Crippen LogP contribution in [0, 0.1) is 19.8 Å². The molecule has 0 unspecified atom stereocenters. The van der Waals surface area contributed by atoms with Gasteiger partial charge in [-0.3, -0.25) is 9.55 Å². The third-order valence-corrected chi connectivity index (χ3v) is 12.3. The van der Waals surface area contributed by atoms with Crippen LogP contribution in [0.5, 0.6) is 5.75 Å². The molecule has 0 fully saturated rings. The smallest absolute Gasteiger partial charge is 0.148 e. The average Bonchev–Trinajstić information content (AvgIpc) is 3.66. The molecule has 65 heavy (non-hydrogen) atoms. The zero-order valence-corrected chi connectivity index (χ0v) is 42.0. The van der Waals surface area contributed by atoms with Crippen molar-refractivity contribution in [3.8, 4) is 67.5 Å². The first-order valence-corrected chi connectivity index (χ1v) is 22.2. The summed E-state index contributed by atoms with van der Waals surface area (Å²) in [6.45, 7) is 20.2. The molecule has 0 amide bonds. The number of phenols is 1. The van der Waals surface area contributed by atoms with E-state index in [0.29, 0.717) is 33.7 Å². The van der Waals surface area contributed by atoms with E-state index >= 15 is 0 Å². The molecular weight excluding hydrogens is 974 g/mol. The molecule has 6 aromatic carbocycles. The second-order valence-corrected chi connectivity index (χ2v) is 21.3. The van der Waals surface area contributed by atoms with Crippen molar-refractivity contribution in [1.29, 1.82) is 0 Å². The maximum atomic E-state index is 12.5. The van der Waals surface area contributed by atoms with E-state index in [0.717, 1.165) is 50.2 Å². The normalized spacial score (nSPS) is 14.2. The molecule has 8 aromatic rings. The van der Waals surface area contributed by atoms with Crippen LogP contribution >= 0.6 is 0 Å². The summed E-state index contributed by atoms with van der Waals surface area (Å²) in [5.74, 6) is 0.423. The summed E-state index contributed by atoms with van der Waals surface area (Å²) in [6, 6.07) is 43.1. The summed E-state index contributed by atoms with van der Waals surface area (Å²) < 4.78 is 54.4. The average molecular weight is 1040 g/mol. The second-order valence-electron chi connectivity index (χ2n) is 21.3. The van der Waals surface area contributed by atoms with Gasteiger partial charge >= 0.3 is 0 Å². The predicted molar refractivity (Wildman–Crippen MR) is 271 cm³/mol. The van der Waals surface area contributed by atoms with Crippen LogP contribution in [0.15, 0.2) is 128 Å². The van der Waals surface area contributed by atoms with Gasteiger partial charge in [-0.15, -0.1) is 29.3 Å². The molecule has 336 valence electrons. The Hall–Kier alpha value is -5.57. The molecule has 0 saturated carbocycles. The van der Waals surface area contributed by atoms with Crippen LogP contribution in [0.4, 0.5) is 0 Å². The van der Waals surface area contributed by atoms with Gasteiger partial charge in [-0.05, 0) is 110 Å². The molecule has 0 spiro atoms. The first-order chi connectivity index (χ1) is 32.4. The van der Waals surface area contributed by atoms with Gasteiger partial charge in [0, 0.05) is 52.4 Å². The fourth-order valence-corrected chi connectivity index (χ4v) is 8.38. The largest absolute Gasteiger partial charge is 0.507 e. The van der Waals surface area contributed by atoms with Gasteiger partial charge in [0.25, 0.3) is 0 Å². The topological polar surface area (TPSA) is 50.9 Å². The van der Waals surface area contributed by atoms with Crippen LogP contribution < -0.4 is 0 Å². The third kappa shape index (κ3) is 9.43. The molecule has 0 bridgehead atoms. The van der Waals surface area contributed by atoms with Crippen LogP contribution in [0.2, 0.25) is 0 Å². The van der Waals surface area contributed by atoms with Crippen LogP contribution in [0.1, 0.15) is 125 Å². The summed E-state index contributed by atoms with van der Waals surface area (Å²) in [5, 5.41) is 12.5. The maximum absolute atomic E-state index is 12.5. The van der Waals surface area contributed by atoms with Crippen molar-refractivity contribution >= 4 is 11.0 Å².